The molecule has 10 heteroatoms. The molecule has 5 rings (SSSR count). The highest BCUT2D eigenvalue weighted by Gasteiger charge is 2.34. The van der Waals surface area contributed by atoms with E-state index in [1.54, 1.807) is 4.90 Å². The third-order valence-corrected chi connectivity index (χ3v) is 9.05. The molecule has 190 valence electrons. The second kappa shape index (κ2) is 10.9. The SMILES string of the molecule is NC(=O)N1CCC(CC(=O)N2CC[N+](=C3c4ncc(Br)cc4CCc4cc(Br)cc(Br)c43)CC2)CC1. The summed E-state index contributed by atoms with van der Waals surface area (Å²) in [6.45, 7) is 4.20. The van der Waals surface area contributed by atoms with E-state index in [-0.39, 0.29) is 11.9 Å². The molecule has 7 nitrogen and oxygen atoms in total. The van der Waals surface area contributed by atoms with E-state index >= 15 is 0 Å². The van der Waals surface area contributed by atoms with Gasteiger partial charge in [-0.25, -0.2) is 14.4 Å². The first-order chi connectivity index (χ1) is 17.3. The van der Waals surface area contributed by atoms with Crippen LogP contribution in [-0.2, 0) is 17.6 Å². The number of nitrogens with two attached hydrogens (primary N) is 1. The number of likely N-dealkylation sites (tertiary alicyclic amines) is 1. The van der Waals surface area contributed by atoms with Gasteiger partial charge in [0.05, 0.1) is 18.7 Å². The number of rotatable bonds is 2. The van der Waals surface area contributed by atoms with Gasteiger partial charge in [0.25, 0.3) is 0 Å². The summed E-state index contributed by atoms with van der Waals surface area (Å²) in [7, 11) is 0. The van der Waals surface area contributed by atoms with Crippen molar-refractivity contribution < 1.29 is 14.2 Å². The van der Waals surface area contributed by atoms with E-state index in [0.717, 1.165) is 63.6 Å². The Hall–Kier alpha value is -1.78. The lowest BCUT2D eigenvalue weighted by atomic mass is 9.93. The molecule has 1 aromatic carbocycles. The molecule has 36 heavy (non-hydrogen) atoms. The number of amides is 3. The molecule has 3 amide bonds. The van der Waals surface area contributed by atoms with E-state index in [2.05, 4.69) is 70.6 Å². The fraction of sp³-hybridized carbons (Fsp3) is 0.462. The van der Waals surface area contributed by atoms with Gasteiger partial charge in [-0.15, -0.1) is 0 Å². The summed E-state index contributed by atoms with van der Waals surface area (Å²) in [4.78, 5) is 33.0. The van der Waals surface area contributed by atoms with Crippen molar-refractivity contribution in [2.24, 2.45) is 11.7 Å². The Kier molecular flexibility index (Phi) is 7.84. The monoisotopic (exact) mass is 680 g/mol. The van der Waals surface area contributed by atoms with Gasteiger partial charge in [-0.1, -0.05) is 15.9 Å². The molecule has 2 aromatic rings. The maximum Gasteiger partial charge on any atom is 0.314 e. The third kappa shape index (κ3) is 5.41. The Balaban J connectivity index is 1.37. The molecule has 1 aliphatic carbocycles. The lowest BCUT2D eigenvalue weighted by Gasteiger charge is -2.32. The number of fused-ring (bicyclic) bond motifs is 2. The van der Waals surface area contributed by atoms with Crippen molar-refractivity contribution in [1.82, 2.24) is 14.8 Å². The average Bonchev–Trinajstić information content (AvgIpc) is 3.01. The number of carbonyl (C=O) groups excluding carboxylic acids is 2. The van der Waals surface area contributed by atoms with Crippen molar-refractivity contribution in [2.45, 2.75) is 32.1 Å². The van der Waals surface area contributed by atoms with E-state index in [4.69, 9.17) is 10.7 Å². The third-order valence-electron chi connectivity index (χ3n) is 7.53. The van der Waals surface area contributed by atoms with Crippen molar-refractivity contribution in [1.29, 1.82) is 0 Å². The number of primary amides is 1. The van der Waals surface area contributed by atoms with E-state index in [1.165, 1.54) is 16.7 Å². The Morgan fingerprint density at radius 3 is 2.31 bits per heavy atom. The summed E-state index contributed by atoms with van der Waals surface area (Å²) in [5, 5.41) is 0. The second-order valence-corrected chi connectivity index (χ2v) is 12.5. The van der Waals surface area contributed by atoms with Crippen molar-refractivity contribution in [3.8, 4) is 0 Å². The molecule has 0 radical (unpaired) electrons. The average molecular weight is 683 g/mol. The maximum absolute atomic E-state index is 13.1. The van der Waals surface area contributed by atoms with Crippen LogP contribution in [0.4, 0.5) is 4.79 Å². The van der Waals surface area contributed by atoms with Gasteiger partial charge < -0.3 is 15.5 Å². The fourth-order valence-corrected chi connectivity index (χ4v) is 7.46. The molecular weight excluding hydrogens is 654 g/mol. The Labute approximate surface area is 236 Å². The number of piperazine rings is 1. The molecule has 2 N–H and O–H groups in total. The molecule has 2 aliphatic heterocycles. The lowest BCUT2D eigenvalue weighted by molar-refractivity contribution is -0.537. The molecule has 3 heterocycles. The van der Waals surface area contributed by atoms with Gasteiger partial charge in [0.15, 0.2) is 13.1 Å². The van der Waals surface area contributed by atoms with Gasteiger partial charge >= 0.3 is 6.03 Å². The standard InChI is InChI=1S/C26H28Br3N5O2/c27-19-12-17-1-2-18-13-20(28)15-31-24(18)25(23(17)21(29)14-19)33-9-7-32(8-10-33)22(35)11-16-3-5-34(6-4-16)26(30)36/h12-16H,1-11H2,(H-,30,36)/p+1. The number of aromatic nitrogens is 1. The van der Waals surface area contributed by atoms with E-state index in [1.807, 2.05) is 11.1 Å². The number of benzene rings is 1. The number of hydrogen-bond donors (Lipinski definition) is 1. The van der Waals surface area contributed by atoms with Gasteiger partial charge in [-0.3, -0.25) is 4.79 Å². The van der Waals surface area contributed by atoms with Gasteiger partial charge in [-0.05, 0) is 92.8 Å². The molecule has 2 fully saturated rings. The highest BCUT2D eigenvalue weighted by Crippen LogP contribution is 2.33. The summed E-state index contributed by atoms with van der Waals surface area (Å²) in [6, 6.07) is 6.13. The summed E-state index contributed by atoms with van der Waals surface area (Å²) < 4.78 is 5.51. The van der Waals surface area contributed by atoms with Crippen LogP contribution in [0.25, 0.3) is 0 Å². The van der Waals surface area contributed by atoms with E-state index < -0.39 is 0 Å². The van der Waals surface area contributed by atoms with Crippen LogP contribution in [0.15, 0.2) is 37.8 Å². The number of aryl methyl sites for hydroxylation is 2. The van der Waals surface area contributed by atoms with Crippen molar-refractivity contribution in [2.75, 3.05) is 39.3 Å². The minimum atomic E-state index is -0.365. The van der Waals surface area contributed by atoms with Crippen LogP contribution < -0.4 is 5.73 Å². The van der Waals surface area contributed by atoms with Gasteiger partial charge in [0.1, 0.15) is 5.69 Å². The largest absolute Gasteiger partial charge is 0.351 e. The molecule has 3 aliphatic rings. The normalized spacial score (nSPS) is 18.5. The highest BCUT2D eigenvalue weighted by molar-refractivity contribution is 9.11. The Morgan fingerprint density at radius 1 is 0.944 bits per heavy atom. The zero-order valence-electron chi connectivity index (χ0n) is 20.0. The number of piperidine rings is 1. The summed E-state index contributed by atoms with van der Waals surface area (Å²) in [6.07, 6.45) is 5.96. The molecule has 0 bridgehead atoms. The molecule has 0 unspecified atom stereocenters. The summed E-state index contributed by atoms with van der Waals surface area (Å²) >= 11 is 11.1. The number of halogens is 3. The zero-order chi connectivity index (χ0) is 25.4. The predicted octanol–water partition coefficient (Wildman–Crippen LogP) is 4.34. The first-order valence-electron chi connectivity index (χ1n) is 12.4. The maximum atomic E-state index is 13.1. The molecule has 1 aromatic heterocycles. The molecule has 0 saturated carbocycles. The van der Waals surface area contributed by atoms with Crippen LogP contribution in [0.5, 0.6) is 0 Å². The fourth-order valence-electron chi connectivity index (χ4n) is 5.58. The number of nitrogens with zero attached hydrogens (tertiary/aromatic N) is 4. The van der Waals surface area contributed by atoms with Crippen molar-refractivity contribution in [3.63, 3.8) is 0 Å². The van der Waals surface area contributed by atoms with Gasteiger partial charge in [0.2, 0.25) is 11.6 Å². The topological polar surface area (TPSA) is 82.5 Å². The number of hydrogen-bond acceptors (Lipinski definition) is 3. The van der Waals surface area contributed by atoms with Crippen LogP contribution in [-0.4, -0.2) is 76.3 Å². The van der Waals surface area contributed by atoms with Crippen LogP contribution in [0, 0.1) is 5.92 Å². The molecule has 0 atom stereocenters. The molecule has 2 saturated heterocycles. The van der Waals surface area contributed by atoms with E-state index in [0.29, 0.717) is 38.5 Å². The number of carbonyl (C=O) groups is 2. The summed E-state index contributed by atoms with van der Waals surface area (Å²) in [5.41, 5.74) is 11.3. The van der Waals surface area contributed by atoms with Crippen LogP contribution in [0.3, 0.4) is 0 Å². The number of urea groups is 1. The van der Waals surface area contributed by atoms with Crippen molar-refractivity contribution in [3.05, 3.63) is 60.2 Å². The van der Waals surface area contributed by atoms with Gasteiger partial charge in [-0.2, -0.15) is 0 Å². The first kappa shape index (κ1) is 25.9. The predicted molar refractivity (Wildman–Crippen MR) is 149 cm³/mol. The highest BCUT2D eigenvalue weighted by atomic mass is 79.9. The van der Waals surface area contributed by atoms with Gasteiger partial charge in [0, 0.05) is 39.1 Å². The Bertz CT molecular complexity index is 1230. The second-order valence-electron chi connectivity index (χ2n) is 9.77. The van der Waals surface area contributed by atoms with Crippen LogP contribution in [0.2, 0.25) is 0 Å². The lowest BCUT2D eigenvalue weighted by Crippen LogP contribution is -2.48. The first-order valence-corrected chi connectivity index (χ1v) is 14.7. The zero-order valence-corrected chi connectivity index (χ0v) is 24.7. The van der Waals surface area contributed by atoms with Crippen LogP contribution >= 0.6 is 47.8 Å². The minimum absolute atomic E-state index is 0.214. The summed E-state index contributed by atoms with van der Waals surface area (Å²) in [5.74, 6) is 0.532. The van der Waals surface area contributed by atoms with Crippen LogP contribution in [0.1, 0.15) is 41.6 Å². The Morgan fingerprint density at radius 2 is 1.61 bits per heavy atom. The smallest absolute Gasteiger partial charge is 0.314 e. The molecule has 0 spiro atoms. The minimum Gasteiger partial charge on any atom is -0.351 e. The van der Waals surface area contributed by atoms with Crippen molar-refractivity contribution >= 4 is 65.4 Å². The van der Waals surface area contributed by atoms with E-state index in [9.17, 15) is 9.59 Å². The number of pyridine rings is 1. The quantitative estimate of drug-likeness (QED) is 0.479. The molecular formula is C26H29Br3N5O2+.